The summed E-state index contributed by atoms with van der Waals surface area (Å²) in [5.74, 6) is -2.44. The highest BCUT2D eigenvalue weighted by atomic mass is 19.1. The number of halogens is 3. The molecule has 3 rings (SSSR count). The number of furan rings is 1. The zero-order valence-electron chi connectivity index (χ0n) is 11.0. The molecule has 21 heavy (non-hydrogen) atoms. The Labute approximate surface area is 118 Å². The topological polar surface area (TPSA) is 33.4 Å². The van der Waals surface area contributed by atoms with Crippen LogP contribution in [-0.4, -0.2) is 5.11 Å². The van der Waals surface area contributed by atoms with Crippen LogP contribution in [-0.2, 0) is 0 Å². The Kier molecular flexibility index (Phi) is 3.22. The Morgan fingerprint density at radius 3 is 2.52 bits per heavy atom. The average molecular weight is 292 g/mol. The van der Waals surface area contributed by atoms with Crippen molar-refractivity contribution in [3.05, 3.63) is 70.7 Å². The molecule has 2 aromatic carbocycles. The van der Waals surface area contributed by atoms with Gasteiger partial charge in [-0.2, -0.15) is 0 Å². The van der Waals surface area contributed by atoms with Crippen LogP contribution in [0.3, 0.4) is 0 Å². The van der Waals surface area contributed by atoms with Crippen LogP contribution in [0.5, 0.6) is 0 Å². The molecule has 0 radical (unpaired) electrons. The number of aryl methyl sites for hydroxylation is 1. The predicted molar refractivity (Wildman–Crippen MR) is 71.3 cm³/mol. The van der Waals surface area contributed by atoms with Gasteiger partial charge in [0.15, 0.2) is 11.4 Å². The van der Waals surface area contributed by atoms with Gasteiger partial charge < -0.3 is 9.52 Å². The van der Waals surface area contributed by atoms with Gasteiger partial charge in [-0.05, 0) is 30.7 Å². The quantitative estimate of drug-likeness (QED) is 0.766. The lowest BCUT2D eigenvalue weighted by molar-refractivity contribution is 0.182. The van der Waals surface area contributed by atoms with Crippen molar-refractivity contribution in [3.63, 3.8) is 0 Å². The van der Waals surface area contributed by atoms with Crippen molar-refractivity contribution in [3.8, 4) is 0 Å². The fraction of sp³-hybridized carbons (Fsp3) is 0.125. The first kappa shape index (κ1) is 13.7. The second-order valence-corrected chi connectivity index (χ2v) is 4.80. The first-order chi connectivity index (χ1) is 9.99. The minimum Gasteiger partial charge on any atom is -0.455 e. The van der Waals surface area contributed by atoms with E-state index in [1.54, 1.807) is 6.07 Å². The second kappa shape index (κ2) is 4.93. The number of aliphatic hydroxyl groups excluding tert-OH is 1. The molecular formula is C16H11F3O2. The molecule has 5 heteroatoms. The average Bonchev–Trinajstić information content (AvgIpc) is 2.89. The molecular weight excluding hydrogens is 281 g/mol. The Morgan fingerprint density at radius 1 is 1.05 bits per heavy atom. The van der Waals surface area contributed by atoms with E-state index in [4.69, 9.17) is 4.42 Å². The molecule has 0 aliphatic rings. The predicted octanol–water partition coefficient (Wildman–Crippen LogP) is 4.24. The summed E-state index contributed by atoms with van der Waals surface area (Å²) < 4.78 is 46.6. The lowest BCUT2D eigenvalue weighted by atomic mass is 10.0. The molecule has 0 saturated carbocycles. The van der Waals surface area contributed by atoms with Crippen molar-refractivity contribution in [2.24, 2.45) is 0 Å². The fourth-order valence-corrected chi connectivity index (χ4v) is 2.25. The molecule has 1 unspecified atom stereocenters. The molecule has 3 aromatic rings. The summed E-state index contributed by atoms with van der Waals surface area (Å²) in [6.07, 6.45) is -1.64. The highest BCUT2D eigenvalue weighted by Crippen LogP contribution is 2.32. The number of rotatable bonds is 2. The van der Waals surface area contributed by atoms with Gasteiger partial charge in [0.05, 0.1) is 5.56 Å². The van der Waals surface area contributed by atoms with Crippen LogP contribution >= 0.6 is 0 Å². The molecule has 0 spiro atoms. The van der Waals surface area contributed by atoms with Crippen molar-refractivity contribution >= 4 is 11.0 Å². The molecule has 0 aliphatic heterocycles. The molecule has 0 saturated heterocycles. The molecule has 1 aromatic heterocycles. The molecule has 108 valence electrons. The van der Waals surface area contributed by atoms with E-state index >= 15 is 0 Å². The largest absolute Gasteiger partial charge is 0.455 e. The van der Waals surface area contributed by atoms with Gasteiger partial charge in [-0.1, -0.05) is 18.2 Å². The van der Waals surface area contributed by atoms with Gasteiger partial charge in [-0.15, -0.1) is 0 Å². The van der Waals surface area contributed by atoms with E-state index in [9.17, 15) is 18.3 Å². The summed E-state index contributed by atoms with van der Waals surface area (Å²) in [5, 5.41) is 10.6. The van der Waals surface area contributed by atoms with Crippen LogP contribution in [0.2, 0.25) is 0 Å². The third-order valence-corrected chi connectivity index (χ3v) is 3.38. The summed E-state index contributed by atoms with van der Waals surface area (Å²) >= 11 is 0. The molecule has 1 heterocycles. The number of hydrogen-bond acceptors (Lipinski definition) is 2. The lowest BCUT2D eigenvalue weighted by Crippen LogP contribution is -2.06. The summed E-state index contributed by atoms with van der Waals surface area (Å²) in [7, 11) is 0. The van der Waals surface area contributed by atoms with Gasteiger partial charge in [0, 0.05) is 5.39 Å². The number of benzene rings is 2. The standard InChI is InChI=1S/C16H11F3O2/c1-8-5-6-10(17)13(14(8)19)15(20)12-7-9-3-2-4-11(18)16(9)21-12/h2-7,15,20H,1H3. The Hall–Kier alpha value is -2.27. The number of fused-ring (bicyclic) bond motifs is 1. The third kappa shape index (κ3) is 2.19. The van der Waals surface area contributed by atoms with Crippen molar-refractivity contribution in [2.45, 2.75) is 13.0 Å². The smallest absolute Gasteiger partial charge is 0.170 e. The third-order valence-electron chi connectivity index (χ3n) is 3.38. The maximum atomic E-state index is 14.0. The van der Waals surface area contributed by atoms with Crippen molar-refractivity contribution in [1.82, 2.24) is 0 Å². The van der Waals surface area contributed by atoms with Crippen molar-refractivity contribution < 1.29 is 22.7 Å². The van der Waals surface area contributed by atoms with E-state index in [2.05, 4.69) is 0 Å². The van der Waals surface area contributed by atoms with Crippen molar-refractivity contribution in [1.29, 1.82) is 0 Å². The maximum absolute atomic E-state index is 14.0. The molecule has 0 fully saturated rings. The normalized spacial score (nSPS) is 12.8. The molecule has 0 bridgehead atoms. The van der Waals surface area contributed by atoms with Crippen LogP contribution in [0, 0.1) is 24.4 Å². The van der Waals surface area contributed by atoms with E-state index in [1.807, 2.05) is 0 Å². The minimum absolute atomic E-state index is 0.0555. The van der Waals surface area contributed by atoms with E-state index < -0.39 is 29.1 Å². The number of aliphatic hydroxyl groups is 1. The Morgan fingerprint density at radius 2 is 1.81 bits per heavy atom. The first-order valence-corrected chi connectivity index (χ1v) is 6.29. The van der Waals surface area contributed by atoms with Crippen LogP contribution in [0.4, 0.5) is 13.2 Å². The summed E-state index contributed by atoms with van der Waals surface area (Å²) in [6, 6.07) is 7.98. The van der Waals surface area contributed by atoms with Gasteiger partial charge in [0.2, 0.25) is 0 Å². The Balaban J connectivity index is 2.15. The van der Waals surface area contributed by atoms with E-state index in [-0.39, 0.29) is 16.9 Å². The molecule has 2 nitrogen and oxygen atoms in total. The van der Waals surface area contributed by atoms with Crippen LogP contribution in [0.15, 0.2) is 40.8 Å². The minimum atomic E-state index is -1.64. The van der Waals surface area contributed by atoms with Gasteiger partial charge in [-0.3, -0.25) is 0 Å². The van der Waals surface area contributed by atoms with Gasteiger partial charge in [0.1, 0.15) is 23.5 Å². The zero-order valence-corrected chi connectivity index (χ0v) is 11.0. The number of hydrogen-bond donors (Lipinski definition) is 1. The zero-order chi connectivity index (χ0) is 15.1. The summed E-state index contributed by atoms with van der Waals surface area (Å²) in [5.41, 5.74) is -0.359. The fourth-order valence-electron chi connectivity index (χ4n) is 2.25. The van der Waals surface area contributed by atoms with E-state index in [1.165, 1.54) is 31.2 Å². The second-order valence-electron chi connectivity index (χ2n) is 4.80. The highest BCUT2D eigenvalue weighted by Gasteiger charge is 2.24. The lowest BCUT2D eigenvalue weighted by Gasteiger charge is -2.11. The van der Waals surface area contributed by atoms with E-state index in [0.29, 0.717) is 5.39 Å². The summed E-state index contributed by atoms with van der Waals surface area (Å²) in [6.45, 7) is 1.46. The van der Waals surface area contributed by atoms with E-state index in [0.717, 1.165) is 6.07 Å². The highest BCUT2D eigenvalue weighted by molar-refractivity contribution is 5.78. The van der Waals surface area contributed by atoms with Crippen LogP contribution < -0.4 is 0 Å². The Bertz CT molecular complexity index is 824. The van der Waals surface area contributed by atoms with Gasteiger partial charge in [-0.25, -0.2) is 13.2 Å². The SMILES string of the molecule is Cc1ccc(F)c(C(O)c2cc3cccc(F)c3o2)c1F. The number of para-hydroxylation sites is 1. The van der Waals surface area contributed by atoms with Crippen LogP contribution in [0.1, 0.15) is 23.0 Å². The van der Waals surface area contributed by atoms with Crippen LogP contribution in [0.25, 0.3) is 11.0 Å². The van der Waals surface area contributed by atoms with Gasteiger partial charge in [0.25, 0.3) is 0 Å². The molecule has 1 atom stereocenters. The summed E-state index contributed by atoms with van der Waals surface area (Å²) in [4.78, 5) is 0. The van der Waals surface area contributed by atoms with Crippen molar-refractivity contribution in [2.75, 3.05) is 0 Å². The maximum Gasteiger partial charge on any atom is 0.170 e. The first-order valence-electron chi connectivity index (χ1n) is 6.29. The van der Waals surface area contributed by atoms with Gasteiger partial charge >= 0.3 is 0 Å². The molecule has 0 aliphatic carbocycles. The monoisotopic (exact) mass is 292 g/mol. The molecule has 0 amide bonds. The molecule has 1 N–H and O–H groups in total.